The predicted octanol–water partition coefficient (Wildman–Crippen LogP) is 2.37. The monoisotopic (exact) mass is 211 g/mol. The van der Waals surface area contributed by atoms with E-state index in [0.717, 1.165) is 12.1 Å². The van der Waals surface area contributed by atoms with E-state index in [0.29, 0.717) is 23.8 Å². The number of aromatic nitrogens is 1. The molecule has 1 aromatic carbocycles. The summed E-state index contributed by atoms with van der Waals surface area (Å²) in [5, 5.41) is 8.98. The summed E-state index contributed by atoms with van der Waals surface area (Å²) in [6.07, 6.45) is 2.67. The summed E-state index contributed by atoms with van der Waals surface area (Å²) in [4.78, 5) is 2.71. The van der Waals surface area contributed by atoms with Crippen molar-refractivity contribution in [2.75, 3.05) is 6.61 Å². The van der Waals surface area contributed by atoms with E-state index in [4.69, 9.17) is 5.11 Å². The molecule has 4 heteroatoms. The Labute approximate surface area is 85.5 Å². The first-order chi connectivity index (χ1) is 7.24. The van der Waals surface area contributed by atoms with Crippen LogP contribution in [0.5, 0.6) is 0 Å². The third-order valence-electron chi connectivity index (χ3n) is 2.42. The summed E-state index contributed by atoms with van der Waals surface area (Å²) >= 11 is 0. The van der Waals surface area contributed by atoms with Crippen molar-refractivity contribution >= 4 is 10.9 Å². The number of rotatable bonds is 3. The number of H-pyrrole nitrogens is 1. The average molecular weight is 211 g/mol. The first-order valence-electron chi connectivity index (χ1n) is 4.79. The molecule has 2 aromatic rings. The molecule has 0 radical (unpaired) electrons. The van der Waals surface area contributed by atoms with Gasteiger partial charge in [-0.25, -0.2) is 8.78 Å². The molecule has 0 spiro atoms. The van der Waals surface area contributed by atoms with E-state index in [2.05, 4.69) is 4.98 Å². The number of nitrogens with one attached hydrogen (secondary N) is 1. The van der Waals surface area contributed by atoms with Crippen LogP contribution in [0.2, 0.25) is 0 Å². The van der Waals surface area contributed by atoms with Gasteiger partial charge < -0.3 is 10.1 Å². The van der Waals surface area contributed by atoms with Gasteiger partial charge in [0.1, 0.15) is 11.6 Å². The predicted molar refractivity (Wildman–Crippen MR) is 53.6 cm³/mol. The van der Waals surface area contributed by atoms with Crippen molar-refractivity contribution in [3.63, 3.8) is 0 Å². The molecule has 0 saturated heterocycles. The van der Waals surface area contributed by atoms with Crippen molar-refractivity contribution < 1.29 is 13.9 Å². The van der Waals surface area contributed by atoms with Crippen LogP contribution >= 0.6 is 0 Å². The summed E-state index contributed by atoms with van der Waals surface area (Å²) in [5.41, 5.74) is 0.902. The van der Waals surface area contributed by atoms with Crippen LogP contribution in [0.4, 0.5) is 8.78 Å². The second-order valence-electron chi connectivity index (χ2n) is 3.42. The van der Waals surface area contributed by atoms with Crippen LogP contribution in [0, 0.1) is 11.6 Å². The van der Waals surface area contributed by atoms with Crippen LogP contribution in [0.15, 0.2) is 18.3 Å². The summed E-state index contributed by atoms with van der Waals surface area (Å²) in [6, 6.07) is 2.22. The van der Waals surface area contributed by atoms with Gasteiger partial charge in [-0.1, -0.05) is 0 Å². The molecule has 0 bridgehead atoms. The fraction of sp³-hybridized carbons (Fsp3) is 0.273. The fourth-order valence-corrected chi connectivity index (χ4v) is 1.71. The molecule has 80 valence electrons. The highest BCUT2D eigenvalue weighted by molar-refractivity contribution is 5.84. The van der Waals surface area contributed by atoms with Gasteiger partial charge in [0.2, 0.25) is 0 Å². The van der Waals surface area contributed by atoms with E-state index >= 15 is 0 Å². The van der Waals surface area contributed by atoms with Gasteiger partial charge in [-0.3, -0.25) is 0 Å². The van der Waals surface area contributed by atoms with Crippen LogP contribution in [-0.2, 0) is 6.42 Å². The number of aliphatic hydroxyl groups excluding tert-OH is 1. The Morgan fingerprint density at radius 2 is 1.93 bits per heavy atom. The number of benzene rings is 1. The van der Waals surface area contributed by atoms with Crippen LogP contribution in [0.1, 0.15) is 12.0 Å². The minimum atomic E-state index is -0.457. The van der Waals surface area contributed by atoms with E-state index in [9.17, 15) is 8.78 Å². The molecule has 15 heavy (non-hydrogen) atoms. The van der Waals surface area contributed by atoms with Crippen LogP contribution < -0.4 is 0 Å². The Morgan fingerprint density at radius 1 is 1.20 bits per heavy atom. The number of aryl methyl sites for hydroxylation is 1. The Morgan fingerprint density at radius 3 is 2.67 bits per heavy atom. The van der Waals surface area contributed by atoms with E-state index in [1.165, 1.54) is 0 Å². The van der Waals surface area contributed by atoms with Crippen molar-refractivity contribution in [1.82, 2.24) is 4.98 Å². The lowest BCUT2D eigenvalue weighted by Crippen LogP contribution is -1.90. The molecule has 2 rings (SSSR count). The van der Waals surface area contributed by atoms with Gasteiger partial charge >= 0.3 is 0 Å². The second-order valence-corrected chi connectivity index (χ2v) is 3.42. The topological polar surface area (TPSA) is 36.0 Å². The lowest BCUT2D eigenvalue weighted by molar-refractivity contribution is 0.288. The Kier molecular flexibility index (Phi) is 2.68. The molecule has 0 unspecified atom stereocenters. The van der Waals surface area contributed by atoms with Gasteiger partial charge in [-0.05, 0) is 30.5 Å². The standard InChI is InChI=1S/C11H11F2NO/c12-8-3-4-9(13)11-10(8)7(6-14-11)2-1-5-15/h3-4,6,14-15H,1-2,5H2. The number of aliphatic hydroxyl groups is 1. The van der Waals surface area contributed by atoms with Crippen molar-refractivity contribution in [3.8, 4) is 0 Å². The highest BCUT2D eigenvalue weighted by Gasteiger charge is 2.11. The van der Waals surface area contributed by atoms with Gasteiger partial charge in [-0.2, -0.15) is 0 Å². The van der Waals surface area contributed by atoms with Crippen molar-refractivity contribution in [3.05, 3.63) is 35.5 Å². The Bertz CT molecular complexity index is 479. The molecule has 0 fully saturated rings. The van der Waals surface area contributed by atoms with Crippen LogP contribution in [0.3, 0.4) is 0 Å². The van der Waals surface area contributed by atoms with Crippen LogP contribution in [-0.4, -0.2) is 16.7 Å². The number of hydrogen-bond acceptors (Lipinski definition) is 1. The minimum Gasteiger partial charge on any atom is -0.396 e. The number of halogens is 2. The van der Waals surface area contributed by atoms with E-state index < -0.39 is 11.6 Å². The zero-order chi connectivity index (χ0) is 10.8. The number of fused-ring (bicyclic) bond motifs is 1. The minimum absolute atomic E-state index is 0.0452. The first kappa shape index (κ1) is 10.1. The van der Waals surface area contributed by atoms with Crippen molar-refractivity contribution in [2.24, 2.45) is 0 Å². The third kappa shape index (κ3) is 1.72. The molecule has 0 aliphatic heterocycles. The molecular formula is C11H11F2NO. The largest absolute Gasteiger partial charge is 0.396 e. The van der Waals surface area contributed by atoms with Gasteiger partial charge in [0.05, 0.1) is 5.52 Å². The molecule has 0 amide bonds. The zero-order valence-electron chi connectivity index (χ0n) is 8.06. The Hall–Kier alpha value is -1.42. The third-order valence-corrected chi connectivity index (χ3v) is 2.42. The summed E-state index contributed by atoms with van der Waals surface area (Å²) in [5.74, 6) is -0.887. The molecule has 0 saturated carbocycles. The highest BCUT2D eigenvalue weighted by Crippen LogP contribution is 2.24. The normalized spacial score (nSPS) is 11.1. The number of aromatic amines is 1. The average Bonchev–Trinajstić information content (AvgIpc) is 2.65. The van der Waals surface area contributed by atoms with Gasteiger partial charge in [-0.15, -0.1) is 0 Å². The maximum Gasteiger partial charge on any atom is 0.147 e. The fourth-order valence-electron chi connectivity index (χ4n) is 1.71. The smallest absolute Gasteiger partial charge is 0.147 e. The molecular weight excluding hydrogens is 200 g/mol. The molecule has 0 aliphatic carbocycles. The second kappa shape index (κ2) is 3.98. The molecule has 0 atom stereocenters. The maximum absolute atomic E-state index is 13.4. The van der Waals surface area contributed by atoms with E-state index in [1.54, 1.807) is 6.20 Å². The maximum atomic E-state index is 13.4. The molecule has 1 aromatic heterocycles. The lowest BCUT2D eigenvalue weighted by Gasteiger charge is -1.99. The highest BCUT2D eigenvalue weighted by atomic mass is 19.1. The van der Waals surface area contributed by atoms with Gasteiger partial charge in [0.15, 0.2) is 0 Å². The van der Waals surface area contributed by atoms with Crippen molar-refractivity contribution in [1.29, 1.82) is 0 Å². The lowest BCUT2D eigenvalue weighted by atomic mass is 10.1. The van der Waals surface area contributed by atoms with E-state index in [1.807, 2.05) is 0 Å². The summed E-state index contributed by atoms with van der Waals surface area (Å²) in [7, 11) is 0. The summed E-state index contributed by atoms with van der Waals surface area (Å²) in [6.45, 7) is 0.0452. The quantitative estimate of drug-likeness (QED) is 0.803. The first-order valence-corrected chi connectivity index (χ1v) is 4.79. The van der Waals surface area contributed by atoms with Crippen LogP contribution in [0.25, 0.3) is 10.9 Å². The van der Waals surface area contributed by atoms with Gasteiger partial charge in [0, 0.05) is 18.2 Å². The van der Waals surface area contributed by atoms with E-state index in [-0.39, 0.29) is 12.1 Å². The molecule has 2 N–H and O–H groups in total. The SMILES string of the molecule is OCCCc1c[nH]c2c(F)ccc(F)c12. The molecule has 0 aliphatic rings. The zero-order valence-corrected chi connectivity index (χ0v) is 8.06. The van der Waals surface area contributed by atoms with Crippen molar-refractivity contribution in [2.45, 2.75) is 12.8 Å². The Balaban J connectivity index is 2.53. The van der Waals surface area contributed by atoms with Gasteiger partial charge in [0.25, 0.3) is 0 Å². The molecule has 2 nitrogen and oxygen atoms in total. The summed E-state index contributed by atoms with van der Waals surface area (Å²) < 4.78 is 26.7. The number of hydrogen-bond donors (Lipinski definition) is 2. The molecule has 1 heterocycles.